The third-order valence-electron chi connectivity index (χ3n) is 2.41. The molecule has 0 amide bonds. The topological polar surface area (TPSA) is 52.3 Å². The number of anilines is 1. The first kappa shape index (κ1) is 13.4. The van der Waals surface area contributed by atoms with Gasteiger partial charge in [0.2, 0.25) is 0 Å². The van der Waals surface area contributed by atoms with E-state index in [2.05, 4.69) is 0 Å². The highest BCUT2D eigenvalue weighted by atomic mass is 35.5. The van der Waals surface area contributed by atoms with Crippen LogP contribution in [0.5, 0.6) is 0 Å². The summed E-state index contributed by atoms with van der Waals surface area (Å²) < 4.78 is 18.0. The quantitative estimate of drug-likeness (QED) is 0.692. The molecule has 0 aliphatic rings. The smallest absolute Gasteiger partial charge is 0.338 e. The van der Waals surface area contributed by atoms with Gasteiger partial charge in [0.1, 0.15) is 12.4 Å². The van der Waals surface area contributed by atoms with Crippen molar-refractivity contribution in [3.8, 4) is 0 Å². The summed E-state index contributed by atoms with van der Waals surface area (Å²) in [5.74, 6) is -0.931. The number of nitrogens with two attached hydrogens (primary N) is 1. The van der Waals surface area contributed by atoms with Gasteiger partial charge in [-0.2, -0.15) is 0 Å². The Hall–Kier alpha value is -2.07. The van der Waals surface area contributed by atoms with E-state index in [9.17, 15) is 9.18 Å². The lowest BCUT2D eigenvalue weighted by Gasteiger charge is -2.06. The first-order valence-corrected chi connectivity index (χ1v) is 5.90. The van der Waals surface area contributed by atoms with E-state index in [1.165, 1.54) is 30.3 Å². The maximum absolute atomic E-state index is 12.9. The standard InChI is InChI=1S/C14H11ClFNO2/c15-11-5-10(6-13(17)7-11)14(18)19-8-9-2-1-3-12(16)4-9/h1-7H,8,17H2. The van der Waals surface area contributed by atoms with Crippen molar-refractivity contribution in [2.75, 3.05) is 5.73 Å². The number of hydrogen-bond acceptors (Lipinski definition) is 3. The van der Waals surface area contributed by atoms with Crippen LogP contribution in [0.1, 0.15) is 15.9 Å². The Bertz CT molecular complexity index is 596. The maximum Gasteiger partial charge on any atom is 0.338 e. The van der Waals surface area contributed by atoms with Gasteiger partial charge in [-0.05, 0) is 35.9 Å². The Kier molecular flexibility index (Phi) is 4.02. The van der Waals surface area contributed by atoms with Gasteiger partial charge in [0.25, 0.3) is 0 Å². The van der Waals surface area contributed by atoms with Crippen LogP contribution in [-0.4, -0.2) is 5.97 Å². The molecule has 3 nitrogen and oxygen atoms in total. The van der Waals surface area contributed by atoms with Crippen molar-refractivity contribution in [1.82, 2.24) is 0 Å². The molecule has 0 saturated heterocycles. The molecule has 0 unspecified atom stereocenters. The van der Waals surface area contributed by atoms with Gasteiger partial charge in [-0.3, -0.25) is 0 Å². The molecule has 0 heterocycles. The van der Waals surface area contributed by atoms with E-state index < -0.39 is 5.97 Å². The maximum atomic E-state index is 12.9. The largest absolute Gasteiger partial charge is 0.457 e. The van der Waals surface area contributed by atoms with Crippen LogP contribution in [0.2, 0.25) is 5.02 Å². The van der Waals surface area contributed by atoms with Crippen molar-refractivity contribution >= 4 is 23.3 Å². The number of ether oxygens (including phenoxy) is 1. The Morgan fingerprint density at radius 3 is 2.74 bits per heavy atom. The first-order valence-electron chi connectivity index (χ1n) is 5.52. The lowest BCUT2D eigenvalue weighted by molar-refractivity contribution is 0.0472. The molecular formula is C14H11ClFNO2. The van der Waals surface area contributed by atoms with Crippen molar-refractivity contribution in [2.24, 2.45) is 0 Å². The van der Waals surface area contributed by atoms with E-state index in [1.54, 1.807) is 12.1 Å². The van der Waals surface area contributed by atoms with Crippen molar-refractivity contribution in [1.29, 1.82) is 0 Å². The Balaban J connectivity index is 2.05. The molecule has 2 rings (SSSR count). The number of halogens is 2. The molecule has 0 aliphatic heterocycles. The van der Waals surface area contributed by atoms with E-state index in [4.69, 9.17) is 22.1 Å². The zero-order valence-corrected chi connectivity index (χ0v) is 10.7. The number of carbonyl (C=O) groups is 1. The molecule has 2 N–H and O–H groups in total. The van der Waals surface area contributed by atoms with Gasteiger partial charge in [-0.15, -0.1) is 0 Å². The highest BCUT2D eigenvalue weighted by molar-refractivity contribution is 6.31. The molecule has 2 aromatic rings. The predicted octanol–water partition coefficient (Wildman–Crippen LogP) is 3.42. The predicted molar refractivity (Wildman–Crippen MR) is 71.4 cm³/mol. The van der Waals surface area contributed by atoms with Crippen molar-refractivity contribution in [3.63, 3.8) is 0 Å². The van der Waals surface area contributed by atoms with Gasteiger partial charge >= 0.3 is 5.97 Å². The monoisotopic (exact) mass is 279 g/mol. The lowest BCUT2D eigenvalue weighted by Crippen LogP contribution is -2.06. The minimum atomic E-state index is -0.557. The van der Waals surface area contributed by atoms with E-state index in [-0.39, 0.29) is 18.0 Å². The van der Waals surface area contributed by atoms with Gasteiger partial charge in [0, 0.05) is 10.7 Å². The van der Waals surface area contributed by atoms with Gasteiger partial charge in [0.15, 0.2) is 0 Å². The van der Waals surface area contributed by atoms with Crippen LogP contribution in [0.3, 0.4) is 0 Å². The number of nitrogen functional groups attached to an aromatic ring is 1. The van der Waals surface area contributed by atoms with Gasteiger partial charge in [-0.25, -0.2) is 9.18 Å². The zero-order valence-electron chi connectivity index (χ0n) is 9.90. The number of carbonyl (C=O) groups excluding carboxylic acids is 1. The third-order valence-corrected chi connectivity index (χ3v) is 2.63. The summed E-state index contributed by atoms with van der Waals surface area (Å²) in [4.78, 5) is 11.8. The molecule has 0 saturated carbocycles. The molecule has 0 fully saturated rings. The number of esters is 1. The zero-order chi connectivity index (χ0) is 13.8. The van der Waals surface area contributed by atoms with Crippen LogP contribution in [0, 0.1) is 5.82 Å². The highest BCUT2D eigenvalue weighted by Gasteiger charge is 2.09. The summed E-state index contributed by atoms with van der Waals surface area (Å²) in [6, 6.07) is 10.3. The van der Waals surface area contributed by atoms with E-state index >= 15 is 0 Å². The van der Waals surface area contributed by atoms with Crippen molar-refractivity contribution < 1.29 is 13.9 Å². The fourth-order valence-electron chi connectivity index (χ4n) is 1.59. The van der Waals surface area contributed by atoms with E-state index in [1.807, 2.05) is 0 Å². The molecule has 98 valence electrons. The fraction of sp³-hybridized carbons (Fsp3) is 0.0714. The second kappa shape index (κ2) is 5.71. The summed E-state index contributed by atoms with van der Waals surface area (Å²) in [6.45, 7) is -0.0109. The molecule has 19 heavy (non-hydrogen) atoms. The average molecular weight is 280 g/mol. The van der Waals surface area contributed by atoms with Crippen molar-refractivity contribution in [2.45, 2.75) is 6.61 Å². The van der Waals surface area contributed by atoms with Crippen LogP contribution in [-0.2, 0) is 11.3 Å². The number of benzene rings is 2. The lowest BCUT2D eigenvalue weighted by atomic mass is 10.2. The molecule has 0 atom stereocenters. The molecule has 0 aromatic heterocycles. The van der Waals surface area contributed by atoms with Crippen LogP contribution in [0.15, 0.2) is 42.5 Å². The van der Waals surface area contributed by atoms with E-state index in [0.29, 0.717) is 16.3 Å². The van der Waals surface area contributed by atoms with Gasteiger partial charge in [-0.1, -0.05) is 23.7 Å². The summed E-state index contributed by atoms with van der Waals surface area (Å²) >= 11 is 5.79. The van der Waals surface area contributed by atoms with Crippen LogP contribution < -0.4 is 5.73 Å². The summed E-state index contributed by atoms with van der Waals surface area (Å²) in [6.07, 6.45) is 0. The van der Waals surface area contributed by atoms with Crippen LogP contribution in [0.25, 0.3) is 0 Å². The Morgan fingerprint density at radius 2 is 2.05 bits per heavy atom. The molecule has 0 radical (unpaired) electrons. The molecule has 0 spiro atoms. The molecular weight excluding hydrogens is 269 g/mol. The second-order valence-corrected chi connectivity index (χ2v) is 4.42. The van der Waals surface area contributed by atoms with Crippen LogP contribution in [0.4, 0.5) is 10.1 Å². The van der Waals surface area contributed by atoms with Gasteiger partial charge < -0.3 is 10.5 Å². The average Bonchev–Trinajstić information content (AvgIpc) is 2.35. The Morgan fingerprint density at radius 1 is 1.26 bits per heavy atom. The first-order chi connectivity index (χ1) is 9.04. The molecule has 0 bridgehead atoms. The highest BCUT2D eigenvalue weighted by Crippen LogP contribution is 2.17. The normalized spacial score (nSPS) is 10.2. The molecule has 0 aliphatic carbocycles. The molecule has 2 aromatic carbocycles. The third kappa shape index (κ3) is 3.69. The van der Waals surface area contributed by atoms with E-state index in [0.717, 1.165) is 0 Å². The summed E-state index contributed by atoms with van der Waals surface area (Å²) in [5.41, 5.74) is 6.80. The molecule has 5 heteroatoms. The minimum Gasteiger partial charge on any atom is -0.457 e. The fourth-order valence-corrected chi connectivity index (χ4v) is 1.83. The number of rotatable bonds is 3. The second-order valence-electron chi connectivity index (χ2n) is 3.98. The summed E-state index contributed by atoms with van der Waals surface area (Å²) in [5, 5.41) is 0.359. The van der Waals surface area contributed by atoms with Gasteiger partial charge in [0.05, 0.1) is 5.56 Å². The number of hydrogen-bond donors (Lipinski definition) is 1. The van der Waals surface area contributed by atoms with Crippen molar-refractivity contribution in [3.05, 3.63) is 64.4 Å². The minimum absolute atomic E-state index is 0.0109. The summed E-state index contributed by atoms with van der Waals surface area (Å²) in [7, 11) is 0. The van der Waals surface area contributed by atoms with Crippen LogP contribution >= 0.6 is 11.6 Å². The SMILES string of the molecule is Nc1cc(Cl)cc(C(=O)OCc2cccc(F)c2)c1. The Labute approximate surface area is 114 Å².